The first kappa shape index (κ1) is 31.6. The topological polar surface area (TPSA) is 295 Å². The molecule has 0 amide bonds. The molecular weight excluding hydrogens is 604 g/mol. The van der Waals surface area contributed by atoms with Crippen molar-refractivity contribution in [2.24, 2.45) is 5.92 Å². The van der Waals surface area contributed by atoms with Crippen LogP contribution in [-0.2, 0) is 39.2 Å². The largest absolute Gasteiger partial charge is 0.481 e. The van der Waals surface area contributed by atoms with E-state index in [0.29, 0.717) is 11.2 Å². The van der Waals surface area contributed by atoms with E-state index < -0.39 is 89.4 Å². The average molecular weight is 633 g/mol. The molecule has 4 rings (SSSR count). The molecule has 2 fully saturated rings. The first-order valence-corrected chi connectivity index (χ1v) is 15.7. The highest BCUT2D eigenvalue weighted by molar-refractivity contribution is 8.08. The quantitative estimate of drug-likeness (QED) is 0.117. The molecule has 0 aliphatic carbocycles. The Kier molecular flexibility index (Phi) is 9.90. The van der Waals surface area contributed by atoms with E-state index in [0.717, 1.165) is 0 Å². The number of nitrogens with zero attached hydrogens (tertiary/aromatic N) is 4. The van der Waals surface area contributed by atoms with Gasteiger partial charge in [0.15, 0.2) is 17.8 Å². The number of aliphatic hydroxyl groups is 6. The minimum Gasteiger partial charge on any atom is -0.394 e. The Balaban J connectivity index is 1.35. The molecule has 226 valence electrons. The minimum absolute atomic E-state index is 0.0528. The van der Waals surface area contributed by atoms with Crippen molar-refractivity contribution in [2.75, 3.05) is 25.6 Å². The molecule has 0 spiro atoms. The van der Waals surface area contributed by atoms with Gasteiger partial charge in [0.2, 0.25) is 0 Å². The summed E-state index contributed by atoms with van der Waals surface area (Å²) in [5.41, 5.74) is 6.44. The number of phosphoric ester groups is 1. The Morgan fingerprint density at radius 1 is 1.18 bits per heavy atom. The van der Waals surface area contributed by atoms with Gasteiger partial charge in [0.25, 0.3) is 0 Å². The molecular formula is C18H29N5O14P2S. The maximum absolute atomic E-state index is 12.5. The lowest BCUT2D eigenvalue weighted by atomic mass is 9.92. The van der Waals surface area contributed by atoms with E-state index in [9.17, 15) is 39.9 Å². The molecule has 0 saturated carbocycles. The van der Waals surface area contributed by atoms with Crippen molar-refractivity contribution in [3.63, 3.8) is 0 Å². The van der Waals surface area contributed by atoms with Crippen molar-refractivity contribution in [3.05, 3.63) is 12.7 Å². The second kappa shape index (κ2) is 12.5. The molecule has 2 saturated heterocycles. The Hall–Kier alpha value is -1.29. The Labute approximate surface area is 230 Å². The van der Waals surface area contributed by atoms with E-state index in [2.05, 4.69) is 19.3 Å². The van der Waals surface area contributed by atoms with Gasteiger partial charge in [-0.25, -0.2) is 23.8 Å². The van der Waals surface area contributed by atoms with Gasteiger partial charge in [0.1, 0.15) is 36.4 Å². The third-order valence-electron chi connectivity index (χ3n) is 6.30. The maximum atomic E-state index is 12.5. The maximum Gasteiger partial charge on any atom is 0.481 e. The van der Waals surface area contributed by atoms with E-state index in [4.69, 9.17) is 41.2 Å². The van der Waals surface area contributed by atoms with Gasteiger partial charge >= 0.3 is 14.5 Å². The summed E-state index contributed by atoms with van der Waals surface area (Å²) in [7, 11) is -5.36. The zero-order chi connectivity index (χ0) is 29.4. The molecule has 7 unspecified atom stereocenters. The number of aliphatic hydroxyl groups excluding tert-OH is 6. The third kappa shape index (κ3) is 7.01. The van der Waals surface area contributed by atoms with Crippen LogP contribution in [0.25, 0.3) is 11.2 Å². The molecule has 2 aliphatic heterocycles. The Morgan fingerprint density at radius 3 is 2.60 bits per heavy atom. The van der Waals surface area contributed by atoms with Crippen LogP contribution >= 0.6 is 14.5 Å². The zero-order valence-corrected chi connectivity index (χ0v) is 23.0. The van der Waals surface area contributed by atoms with E-state index >= 15 is 0 Å². The highest BCUT2D eigenvalue weighted by Crippen LogP contribution is 2.61. The number of anilines is 1. The highest BCUT2D eigenvalue weighted by Gasteiger charge is 2.47. The number of nitrogen functional groups attached to an aromatic ring is 1. The first-order chi connectivity index (χ1) is 18.7. The number of hydrogen-bond donors (Lipinski definition) is 9. The second-order valence-electron chi connectivity index (χ2n) is 9.02. The molecule has 2 aromatic rings. The molecule has 22 heteroatoms. The van der Waals surface area contributed by atoms with Crippen LogP contribution in [0.5, 0.6) is 0 Å². The van der Waals surface area contributed by atoms with Crippen molar-refractivity contribution in [3.8, 4) is 0 Å². The van der Waals surface area contributed by atoms with Gasteiger partial charge in [-0.1, -0.05) is 0 Å². The number of hydrogen-bond acceptors (Lipinski definition) is 17. The van der Waals surface area contributed by atoms with E-state index in [-0.39, 0.29) is 12.2 Å². The lowest BCUT2D eigenvalue weighted by Crippen LogP contribution is -2.47. The number of aromatic nitrogens is 4. The number of ether oxygens (including phenoxy) is 2. The van der Waals surface area contributed by atoms with Crippen LogP contribution in [0.4, 0.5) is 5.82 Å². The van der Waals surface area contributed by atoms with Gasteiger partial charge in [-0.2, -0.15) is 0 Å². The van der Waals surface area contributed by atoms with Crippen LogP contribution in [0.15, 0.2) is 12.7 Å². The summed E-state index contributed by atoms with van der Waals surface area (Å²) < 4.78 is 39.2. The van der Waals surface area contributed by atoms with Gasteiger partial charge in [-0.05, 0) is 11.8 Å². The predicted molar refractivity (Wildman–Crippen MR) is 133 cm³/mol. The summed E-state index contributed by atoms with van der Waals surface area (Å²) in [6, 6.07) is 0. The fourth-order valence-corrected chi connectivity index (χ4v) is 7.28. The van der Waals surface area contributed by atoms with Gasteiger partial charge in [-0.3, -0.25) is 9.09 Å². The number of imidazole rings is 1. The Bertz CT molecular complexity index is 1270. The lowest BCUT2D eigenvalue weighted by Gasteiger charge is -2.28. The summed E-state index contributed by atoms with van der Waals surface area (Å²) in [5.74, 6) is -1.15. The number of rotatable bonds is 10. The standard InChI is InChI=1S/C18H29N5O14P2S/c19-16-12-17(21-5-20-16)23(6-22-12)11-1-8(25)10(35-11)4-34-39(32,40)37-38(30,31)36-18-15(29)14(28)13(27)7(3-33-18)9(26)2-24/h5-11,13-15,18,24-29H,1-4H2,(H,30,31)(H,32,40)(H2,19,20,21)/t7?,8-,9-,10+,11+,13?,14?,15?,18?,39?/m0/s1. The molecule has 10 N–H and O–H groups in total. The fourth-order valence-electron chi connectivity index (χ4n) is 4.18. The van der Waals surface area contributed by atoms with Crippen molar-refractivity contribution in [1.29, 1.82) is 0 Å². The molecule has 2 aromatic heterocycles. The van der Waals surface area contributed by atoms with E-state index in [1.165, 1.54) is 17.2 Å². The van der Waals surface area contributed by atoms with Crippen molar-refractivity contribution in [1.82, 2.24) is 19.5 Å². The molecule has 2 aliphatic rings. The summed E-state index contributed by atoms with van der Waals surface area (Å²) >= 11 is 4.76. The summed E-state index contributed by atoms with van der Waals surface area (Å²) in [6.45, 7) is -6.56. The summed E-state index contributed by atoms with van der Waals surface area (Å²) in [5, 5.41) is 59.8. The Morgan fingerprint density at radius 2 is 1.90 bits per heavy atom. The van der Waals surface area contributed by atoms with Crippen LogP contribution in [-0.4, -0.2) is 123 Å². The highest BCUT2D eigenvalue weighted by atomic mass is 32.5. The second-order valence-corrected chi connectivity index (χ2v) is 13.4. The number of fused-ring (bicyclic) bond motifs is 1. The first-order valence-electron chi connectivity index (χ1n) is 11.6. The van der Waals surface area contributed by atoms with E-state index in [1.54, 1.807) is 0 Å². The monoisotopic (exact) mass is 633 g/mol. The summed E-state index contributed by atoms with van der Waals surface area (Å²) in [4.78, 5) is 32.5. The molecule has 0 aromatic carbocycles. The molecule has 4 heterocycles. The van der Waals surface area contributed by atoms with Gasteiger partial charge < -0.3 is 60.2 Å². The third-order valence-corrected chi connectivity index (χ3v) is 9.82. The van der Waals surface area contributed by atoms with Crippen molar-refractivity contribution in [2.45, 2.75) is 55.6 Å². The molecule has 19 nitrogen and oxygen atoms in total. The molecule has 11 atom stereocenters. The average Bonchev–Trinajstić information content (AvgIpc) is 3.46. The number of phosphoric acid groups is 1. The van der Waals surface area contributed by atoms with Crippen LogP contribution in [0.1, 0.15) is 12.6 Å². The predicted octanol–water partition coefficient (Wildman–Crippen LogP) is -3.17. The SMILES string of the molecule is Nc1ncnc2c1ncn2[C@H]1C[C@H](O)[C@@H](COP(O)(=S)OP(=O)(O)OC2OCC([C@@H](O)CO)C(O)C(O)C2O)O1. The van der Waals surface area contributed by atoms with E-state index in [1.807, 2.05) is 0 Å². The van der Waals surface area contributed by atoms with Crippen molar-refractivity contribution < 1.29 is 67.8 Å². The lowest BCUT2D eigenvalue weighted by molar-refractivity contribution is -0.173. The van der Waals surface area contributed by atoms with Gasteiger partial charge in [0.05, 0.1) is 44.5 Å². The van der Waals surface area contributed by atoms with Gasteiger partial charge in [-0.15, -0.1) is 0 Å². The zero-order valence-electron chi connectivity index (χ0n) is 20.4. The smallest absolute Gasteiger partial charge is 0.394 e. The van der Waals surface area contributed by atoms with Crippen LogP contribution in [0, 0.1) is 5.92 Å². The summed E-state index contributed by atoms with van der Waals surface area (Å²) in [6.07, 6.45) is -9.89. The molecule has 40 heavy (non-hydrogen) atoms. The van der Waals surface area contributed by atoms with Crippen LogP contribution < -0.4 is 5.73 Å². The van der Waals surface area contributed by atoms with Gasteiger partial charge in [0, 0.05) is 12.3 Å². The van der Waals surface area contributed by atoms with Crippen molar-refractivity contribution >= 4 is 43.3 Å². The normalized spacial score (nSPS) is 35.2. The minimum atomic E-state index is -5.36. The molecule has 0 radical (unpaired) electrons. The number of nitrogens with two attached hydrogens (primary N) is 1. The molecule has 0 bridgehead atoms. The van der Waals surface area contributed by atoms with Crippen LogP contribution in [0.3, 0.4) is 0 Å². The van der Waals surface area contributed by atoms with Crippen LogP contribution in [0.2, 0.25) is 0 Å². The fraction of sp³-hybridized carbons (Fsp3) is 0.722.